The SMILES string of the molecule is O=[N+]([O-])c1ccc(-c2csc(N/N=C\c3ccc4c(c3)OCO4)n2)cc1. The number of benzene rings is 2. The average Bonchev–Trinajstić information content (AvgIpc) is 3.30. The molecule has 9 heteroatoms. The average molecular weight is 368 g/mol. The summed E-state index contributed by atoms with van der Waals surface area (Å²) in [5, 5.41) is 17.4. The summed E-state index contributed by atoms with van der Waals surface area (Å²) in [4.78, 5) is 14.7. The first-order chi connectivity index (χ1) is 12.7. The van der Waals surface area contributed by atoms with E-state index in [1.165, 1.54) is 23.5 Å². The van der Waals surface area contributed by atoms with E-state index in [0.717, 1.165) is 22.6 Å². The second kappa shape index (κ2) is 6.81. The number of thiazole rings is 1. The molecule has 0 saturated heterocycles. The molecule has 130 valence electrons. The number of hydrazone groups is 1. The van der Waals surface area contributed by atoms with Crippen molar-refractivity contribution in [2.24, 2.45) is 5.10 Å². The summed E-state index contributed by atoms with van der Waals surface area (Å²) in [6.45, 7) is 0.235. The highest BCUT2D eigenvalue weighted by Gasteiger charge is 2.12. The minimum Gasteiger partial charge on any atom is -0.454 e. The molecule has 4 rings (SSSR count). The van der Waals surface area contributed by atoms with Gasteiger partial charge in [-0.2, -0.15) is 5.10 Å². The smallest absolute Gasteiger partial charge is 0.269 e. The van der Waals surface area contributed by atoms with Crippen molar-refractivity contribution in [3.05, 3.63) is 63.5 Å². The zero-order chi connectivity index (χ0) is 17.9. The van der Waals surface area contributed by atoms with Gasteiger partial charge in [-0.3, -0.25) is 15.5 Å². The van der Waals surface area contributed by atoms with Gasteiger partial charge in [0.2, 0.25) is 11.9 Å². The Morgan fingerprint density at radius 2 is 2.00 bits per heavy atom. The Kier molecular flexibility index (Phi) is 4.20. The molecule has 2 aromatic carbocycles. The van der Waals surface area contributed by atoms with Gasteiger partial charge in [0.05, 0.1) is 16.8 Å². The second-order valence-electron chi connectivity index (χ2n) is 5.32. The maximum Gasteiger partial charge on any atom is 0.269 e. The van der Waals surface area contributed by atoms with Crippen molar-refractivity contribution in [2.45, 2.75) is 0 Å². The lowest BCUT2D eigenvalue weighted by Crippen LogP contribution is -1.93. The van der Waals surface area contributed by atoms with Crippen molar-refractivity contribution in [2.75, 3.05) is 12.2 Å². The number of nitro benzene ring substituents is 1. The highest BCUT2D eigenvalue weighted by molar-refractivity contribution is 7.14. The first-order valence-electron chi connectivity index (χ1n) is 7.58. The Hall–Kier alpha value is -3.46. The van der Waals surface area contributed by atoms with Crippen LogP contribution in [0.5, 0.6) is 11.5 Å². The van der Waals surface area contributed by atoms with Gasteiger partial charge in [0.25, 0.3) is 5.69 Å². The molecule has 26 heavy (non-hydrogen) atoms. The zero-order valence-electron chi connectivity index (χ0n) is 13.3. The van der Waals surface area contributed by atoms with Gasteiger partial charge in [-0.15, -0.1) is 11.3 Å². The van der Waals surface area contributed by atoms with E-state index in [4.69, 9.17) is 9.47 Å². The summed E-state index contributed by atoms with van der Waals surface area (Å²) in [5.41, 5.74) is 5.33. The molecule has 2 heterocycles. The monoisotopic (exact) mass is 368 g/mol. The summed E-state index contributed by atoms with van der Waals surface area (Å²) in [6, 6.07) is 11.8. The number of anilines is 1. The Bertz CT molecular complexity index is 985. The van der Waals surface area contributed by atoms with Gasteiger partial charge in [0.1, 0.15) is 0 Å². The Balaban J connectivity index is 1.42. The molecule has 0 atom stereocenters. The van der Waals surface area contributed by atoms with Gasteiger partial charge in [-0.25, -0.2) is 4.98 Å². The van der Waals surface area contributed by atoms with Gasteiger partial charge < -0.3 is 9.47 Å². The number of nitrogens with zero attached hydrogens (tertiary/aromatic N) is 3. The number of nitrogens with one attached hydrogen (secondary N) is 1. The lowest BCUT2D eigenvalue weighted by atomic mass is 10.1. The second-order valence-corrected chi connectivity index (χ2v) is 6.18. The van der Waals surface area contributed by atoms with E-state index >= 15 is 0 Å². The molecule has 0 aliphatic carbocycles. The van der Waals surface area contributed by atoms with E-state index in [0.29, 0.717) is 10.9 Å². The first-order valence-corrected chi connectivity index (χ1v) is 8.46. The molecule has 0 bridgehead atoms. The minimum absolute atomic E-state index is 0.0515. The van der Waals surface area contributed by atoms with Crippen molar-refractivity contribution in [3.63, 3.8) is 0 Å². The molecule has 1 aliphatic heterocycles. The predicted octanol–water partition coefficient (Wildman–Crippen LogP) is 3.89. The normalized spacial score (nSPS) is 12.5. The molecular formula is C17H12N4O4S. The van der Waals surface area contributed by atoms with Crippen LogP contribution in [0.3, 0.4) is 0 Å². The number of hydrogen-bond acceptors (Lipinski definition) is 8. The van der Waals surface area contributed by atoms with Crippen LogP contribution in [0.25, 0.3) is 11.3 Å². The molecular weight excluding hydrogens is 356 g/mol. The molecule has 0 amide bonds. The van der Waals surface area contributed by atoms with Crippen LogP contribution in [0.15, 0.2) is 52.9 Å². The van der Waals surface area contributed by atoms with Crippen LogP contribution in [0, 0.1) is 10.1 Å². The standard InChI is InChI=1S/C17H12N4O4S/c22-21(23)13-4-2-12(3-5-13)14-9-26-17(19-14)20-18-8-11-1-6-15-16(7-11)25-10-24-15/h1-9H,10H2,(H,19,20)/b18-8-. The van der Waals surface area contributed by atoms with Crippen LogP contribution >= 0.6 is 11.3 Å². The molecule has 3 aromatic rings. The van der Waals surface area contributed by atoms with Gasteiger partial charge in [0.15, 0.2) is 11.5 Å². The number of ether oxygens (including phenoxy) is 2. The topological polar surface area (TPSA) is 98.9 Å². The maximum atomic E-state index is 10.7. The molecule has 0 spiro atoms. The molecule has 8 nitrogen and oxygen atoms in total. The number of nitro groups is 1. The summed E-state index contributed by atoms with van der Waals surface area (Å²) < 4.78 is 10.6. The summed E-state index contributed by atoms with van der Waals surface area (Å²) in [5.74, 6) is 1.42. The zero-order valence-corrected chi connectivity index (χ0v) is 14.1. The highest BCUT2D eigenvalue weighted by atomic mass is 32.1. The fraction of sp³-hybridized carbons (Fsp3) is 0.0588. The minimum atomic E-state index is -0.428. The van der Waals surface area contributed by atoms with Gasteiger partial charge in [-0.05, 0) is 35.9 Å². The van der Waals surface area contributed by atoms with Crippen molar-refractivity contribution < 1.29 is 14.4 Å². The van der Waals surface area contributed by atoms with E-state index in [-0.39, 0.29) is 12.5 Å². The van der Waals surface area contributed by atoms with Crippen LogP contribution in [0.2, 0.25) is 0 Å². The van der Waals surface area contributed by atoms with Crippen LogP contribution in [0.4, 0.5) is 10.8 Å². The van der Waals surface area contributed by atoms with Gasteiger partial charge in [-0.1, -0.05) is 0 Å². The fourth-order valence-corrected chi connectivity index (χ4v) is 3.04. The van der Waals surface area contributed by atoms with Crippen molar-refractivity contribution in [1.82, 2.24) is 4.98 Å². The maximum absolute atomic E-state index is 10.7. The number of non-ortho nitro benzene ring substituents is 1. The van der Waals surface area contributed by atoms with Crippen molar-refractivity contribution in [3.8, 4) is 22.8 Å². The Labute approximate surface area is 151 Å². The summed E-state index contributed by atoms with van der Waals surface area (Å²) in [7, 11) is 0. The molecule has 0 unspecified atom stereocenters. The third kappa shape index (κ3) is 3.33. The van der Waals surface area contributed by atoms with E-state index in [1.807, 2.05) is 23.6 Å². The third-order valence-corrected chi connectivity index (χ3v) is 4.40. The summed E-state index contributed by atoms with van der Waals surface area (Å²) in [6.07, 6.45) is 1.66. The largest absolute Gasteiger partial charge is 0.454 e. The van der Waals surface area contributed by atoms with Crippen LogP contribution in [-0.2, 0) is 0 Å². The fourth-order valence-electron chi connectivity index (χ4n) is 2.37. The highest BCUT2D eigenvalue weighted by Crippen LogP contribution is 2.32. The molecule has 0 radical (unpaired) electrons. The molecule has 1 aliphatic rings. The molecule has 0 fully saturated rings. The van der Waals surface area contributed by atoms with E-state index in [9.17, 15) is 10.1 Å². The number of hydrogen-bond donors (Lipinski definition) is 1. The van der Waals surface area contributed by atoms with Crippen molar-refractivity contribution >= 4 is 28.4 Å². The Morgan fingerprint density at radius 1 is 1.19 bits per heavy atom. The van der Waals surface area contributed by atoms with Gasteiger partial charge >= 0.3 is 0 Å². The van der Waals surface area contributed by atoms with Crippen LogP contribution < -0.4 is 14.9 Å². The van der Waals surface area contributed by atoms with Crippen LogP contribution in [0.1, 0.15) is 5.56 Å². The number of rotatable bonds is 5. The van der Waals surface area contributed by atoms with Crippen molar-refractivity contribution in [1.29, 1.82) is 0 Å². The van der Waals surface area contributed by atoms with Gasteiger partial charge in [0, 0.05) is 23.1 Å². The summed E-state index contributed by atoms with van der Waals surface area (Å²) >= 11 is 1.40. The first kappa shape index (κ1) is 16.0. The predicted molar refractivity (Wildman–Crippen MR) is 98.0 cm³/mol. The van der Waals surface area contributed by atoms with E-state index in [2.05, 4.69) is 15.5 Å². The third-order valence-electron chi connectivity index (χ3n) is 3.65. The quantitative estimate of drug-likeness (QED) is 0.417. The van der Waals surface area contributed by atoms with E-state index in [1.54, 1.807) is 18.3 Å². The molecule has 0 saturated carbocycles. The Morgan fingerprint density at radius 3 is 2.81 bits per heavy atom. The number of aromatic nitrogens is 1. The molecule has 1 aromatic heterocycles. The molecule has 1 N–H and O–H groups in total. The van der Waals surface area contributed by atoms with Crippen LogP contribution in [-0.4, -0.2) is 22.9 Å². The lowest BCUT2D eigenvalue weighted by Gasteiger charge is -1.98. The number of fused-ring (bicyclic) bond motifs is 1. The lowest BCUT2D eigenvalue weighted by molar-refractivity contribution is -0.384. The van der Waals surface area contributed by atoms with E-state index < -0.39 is 4.92 Å².